The Kier molecular flexibility index (Phi) is 2.66. The quantitative estimate of drug-likeness (QED) is 0.744. The van der Waals surface area contributed by atoms with Gasteiger partial charge in [0.05, 0.1) is 5.92 Å². The molecule has 0 aromatic carbocycles. The van der Waals surface area contributed by atoms with Gasteiger partial charge in [-0.1, -0.05) is 0 Å². The summed E-state index contributed by atoms with van der Waals surface area (Å²) >= 11 is 11.9. The lowest BCUT2D eigenvalue weighted by Crippen LogP contribution is -2.29. The molecule has 0 spiro atoms. The molecule has 1 amide bonds. The Morgan fingerprint density at radius 2 is 2.21 bits per heavy atom. The Bertz CT molecular complexity index is 257. The second kappa shape index (κ2) is 3.54. The van der Waals surface area contributed by atoms with E-state index in [4.69, 9.17) is 28.9 Å². The standard InChI is InChI=1S/C9H14Cl2N2O/c10-9(11)3-7(9)5-13-2-1-6(4-13)8(12)14/h6-7H,1-5H2,(H2,12,14)/t6-,7-/m1/s1. The topological polar surface area (TPSA) is 46.3 Å². The lowest BCUT2D eigenvalue weighted by Gasteiger charge is -2.14. The van der Waals surface area contributed by atoms with Crippen LogP contribution in [-0.4, -0.2) is 34.8 Å². The molecule has 1 aliphatic heterocycles. The van der Waals surface area contributed by atoms with Gasteiger partial charge in [0.1, 0.15) is 4.33 Å². The van der Waals surface area contributed by atoms with Crippen molar-refractivity contribution in [3.63, 3.8) is 0 Å². The molecular weight excluding hydrogens is 223 g/mol. The van der Waals surface area contributed by atoms with Gasteiger partial charge in [0.25, 0.3) is 0 Å². The van der Waals surface area contributed by atoms with Gasteiger partial charge in [-0.15, -0.1) is 23.2 Å². The highest BCUT2D eigenvalue weighted by Gasteiger charge is 2.52. The Morgan fingerprint density at radius 1 is 1.57 bits per heavy atom. The number of primary amides is 1. The van der Waals surface area contributed by atoms with Crippen molar-refractivity contribution in [2.75, 3.05) is 19.6 Å². The number of hydrogen-bond donors (Lipinski definition) is 1. The molecule has 80 valence electrons. The number of rotatable bonds is 3. The zero-order valence-electron chi connectivity index (χ0n) is 7.88. The fourth-order valence-corrected chi connectivity index (χ4v) is 2.52. The molecule has 1 saturated heterocycles. The van der Waals surface area contributed by atoms with Gasteiger partial charge in [0.15, 0.2) is 0 Å². The molecule has 1 aliphatic carbocycles. The number of alkyl halides is 2. The van der Waals surface area contributed by atoms with E-state index in [0.29, 0.717) is 5.92 Å². The van der Waals surface area contributed by atoms with Crippen molar-refractivity contribution in [1.82, 2.24) is 4.90 Å². The highest BCUT2D eigenvalue weighted by Crippen LogP contribution is 2.53. The van der Waals surface area contributed by atoms with Gasteiger partial charge in [0.2, 0.25) is 5.91 Å². The van der Waals surface area contributed by atoms with E-state index in [-0.39, 0.29) is 11.8 Å². The first kappa shape index (κ1) is 10.5. The van der Waals surface area contributed by atoms with Crippen molar-refractivity contribution in [2.45, 2.75) is 17.2 Å². The van der Waals surface area contributed by atoms with Crippen molar-refractivity contribution < 1.29 is 4.79 Å². The summed E-state index contributed by atoms with van der Waals surface area (Å²) < 4.78 is -0.509. The van der Waals surface area contributed by atoms with Crippen molar-refractivity contribution in [2.24, 2.45) is 17.6 Å². The predicted octanol–water partition coefficient (Wildman–Crippen LogP) is 0.987. The third-order valence-electron chi connectivity index (χ3n) is 3.11. The molecule has 2 fully saturated rings. The van der Waals surface area contributed by atoms with Crippen LogP contribution in [0.15, 0.2) is 0 Å². The Balaban J connectivity index is 1.77. The van der Waals surface area contributed by atoms with E-state index in [0.717, 1.165) is 32.5 Å². The highest BCUT2D eigenvalue weighted by molar-refractivity contribution is 6.50. The molecule has 0 aromatic rings. The first-order chi connectivity index (χ1) is 6.49. The largest absolute Gasteiger partial charge is 0.369 e. The van der Waals surface area contributed by atoms with Gasteiger partial charge in [-0.05, 0) is 19.4 Å². The lowest BCUT2D eigenvalue weighted by molar-refractivity contribution is -0.121. The van der Waals surface area contributed by atoms with Crippen LogP contribution in [0.5, 0.6) is 0 Å². The van der Waals surface area contributed by atoms with Crippen LogP contribution in [0.3, 0.4) is 0 Å². The Hall–Kier alpha value is 0.01000. The van der Waals surface area contributed by atoms with Crippen LogP contribution in [0.2, 0.25) is 0 Å². The first-order valence-electron chi connectivity index (χ1n) is 4.88. The first-order valence-corrected chi connectivity index (χ1v) is 5.64. The summed E-state index contributed by atoms with van der Waals surface area (Å²) in [7, 11) is 0. The zero-order chi connectivity index (χ0) is 10.3. The summed E-state index contributed by atoms with van der Waals surface area (Å²) in [5.41, 5.74) is 5.24. The molecule has 1 heterocycles. The lowest BCUT2D eigenvalue weighted by atomic mass is 10.1. The third kappa shape index (κ3) is 2.15. The second-order valence-electron chi connectivity index (χ2n) is 4.31. The number of hydrogen-bond acceptors (Lipinski definition) is 2. The summed E-state index contributed by atoms with van der Waals surface area (Å²) in [6, 6.07) is 0. The number of likely N-dealkylation sites (tertiary alicyclic amines) is 1. The van der Waals surface area contributed by atoms with Crippen LogP contribution in [-0.2, 0) is 4.79 Å². The Morgan fingerprint density at radius 3 is 2.64 bits per heavy atom. The molecular formula is C9H14Cl2N2O. The second-order valence-corrected chi connectivity index (χ2v) is 5.85. The van der Waals surface area contributed by atoms with Crippen molar-refractivity contribution in [3.8, 4) is 0 Å². The number of halogens is 2. The molecule has 2 atom stereocenters. The fourth-order valence-electron chi connectivity index (χ4n) is 2.01. The molecule has 2 N–H and O–H groups in total. The van der Waals surface area contributed by atoms with E-state index in [1.54, 1.807) is 0 Å². The fraction of sp³-hybridized carbons (Fsp3) is 0.889. The van der Waals surface area contributed by atoms with Crippen molar-refractivity contribution in [1.29, 1.82) is 0 Å². The Labute approximate surface area is 93.5 Å². The molecule has 0 aromatic heterocycles. The number of amides is 1. The average Bonchev–Trinajstić information content (AvgIpc) is 2.51. The van der Waals surface area contributed by atoms with Gasteiger partial charge in [-0.25, -0.2) is 0 Å². The van der Waals surface area contributed by atoms with Crippen LogP contribution < -0.4 is 5.73 Å². The van der Waals surface area contributed by atoms with Crippen LogP contribution in [0, 0.1) is 11.8 Å². The van der Waals surface area contributed by atoms with Crippen LogP contribution in [0.4, 0.5) is 0 Å². The van der Waals surface area contributed by atoms with Gasteiger partial charge in [-0.3, -0.25) is 4.79 Å². The molecule has 0 unspecified atom stereocenters. The van der Waals surface area contributed by atoms with E-state index < -0.39 is 4.33 Å². The molecule has 2 rings (SSSR count). The van der Waals surface area contributed by atoms with E-state index in [2.05, 4.69) is 4.90 Å². The molecule has 0 bridgehead atoms. The molecule has 2 aliphatic rings. The number of carbonyl (C=O) groups excluding carboxylic acids is 1. The minimum Gasteiger partial charge on any atom is -0.369 e. The highest BCUT2D eigenvalue weighted by atomic mass is 35.5. The van der Waals surface area contributed by atoms with Gasteiger partial charge >= 0.3 is 0 Å². The maximum atomic E-state index is 10.9. The van der Waals surface area contributed by atoms with E-state index >= 15 is 0 Å². The van der Waals surface area contributed by atoms with Crippen molar-refractivity contribution >= 4 is 29.1 Å². The van der Waals surface area contributed by atoms with Gasteiger partial charge in [0, 0.05) is 19.0 Å². The van der Waals surface area contributed by atoms with Gasteiger partial charge < -0.3 is 10.6 Å². The average molecular weight is 237 g/mol. The maximum Gasteiger partial charge on any atom is 0.221 e. The smallest absolute Gasteiger partial charge is 0.221 e. The maximum absolute atomic E-state index is 10.9. The molecule has 5 heteroatoms. The summed E-state index contributed by atoms with van der Waals surface area (Å²) in [6.07, 6.45) is 1.74. The van der Waals surface area contributed by atoms with Crippen LogP contribution in [0.1, 0.15) is 12.8 Å². The third-order valence-corrected chi connectivity index (χ3v) is 4.03. The van der Waals surface area contributed by atoms with Crippen LogP contribution in [0.25, 0.3) is 0 Å². The number of nitrogens with two attached hydrogens (primary N) is 1. The van der Waals surface area contributed by atoms with E-state index in [1.807, 2.05) is 0 Å². The summed E-state index contributed by atoms with van der Waals surface area (Å²) in [6.45, 7) is 2.61. The minimum atomic E-state index is -0.509. The minimum absolute atomic E-state index is 0.0220. The van der Waals surface area contributed by atoms with Crippen LogP contribution >= 0.6 is 23.2 Å². The normalized spacial score (nSPS) is 35.9. The monoisotopic (exact) mass is 236 g/mol. The molecule has 1 saturated carbocycles. The summed E-state index contributed by atoms with van der Waals surface area (Å²) in [5.74, 6) is 0.206. The van der Waals surface area contributed by atoms with E-state index in [9.17, 15) is 4.79 Å². The van der Waals surface area contributed by atoms with E-state index in [1.165, 1.54) is 0 Å². The molecule has 0 radical (unpaired) electrons. The number of nitrogens with zero attached hydrogens (tertiary/aromatic N) is 1. The summed E-state index contributed by atoms with van der Waals surface area (Å²) in [4.78, 5) is 13.1. The predicted molar refractivity (Wildman–Crippen MR) is 56.3 cm³/mol. The molecule has 14 heavy (non-hydrogen) atoms. The summed E-state index contributed by atoms with van der Waals surface area (Å²) in [5, 5.41) is 0. The van der Waals surface area contributed by atoms with Crippen molar-refractivity contribution in [3.05, 3.63) is 0 Å². The SMILES string of the molecule is NC(=O)[C@@H]1CCN(C[C@H]2CC2(Cl)Cl)C1. The zero-order valence-corrected chi connectivity index (χ0v) is 9.39. The number of carbonyl (C=O) groups is 1. The van der Waals surface area contributed by atoms with Gasteiger partial charge in [-0.2, -0.15) is 0 Å². The molecule has 3 nitrogen and oxygen atoms in total.